The summed E-state index contributed by atoms with van der Waals surface area (Å²) in [5.74, 6) is 2.06. The van der Waals surface area contributed by atoms with E-state index in [1.54, 1.807) is 11.6 Å². The Morgan fingerprint density at radius 3 is 2.90 bits per heavy atom. The monoisotopic (exact) mass is 404 g/mol. The molecule has 0 radical (unpaired) electrons. The van der Waals surface area contributed by atoms with E-state index in [0.29, 0.717) is 23.3 Å². The summed E-state index contributed by atoms with van der Waals surface area (Å²) in [4.78, 5) is 11.8. The van der Waals surface area contributed by atoms with Gasteiger partial charge in [-0.05, 0) is 37.8 Å². The number of rotatable bonds is 4. The number of nitrogens with two attached hydrogens (primary N) is 1. The van der Waals surface area contributed by atoms with Gasteiger partial charge in [0.15, 0.2) is 11.5 Å². The molecule has 6 rings (SSSR count). The summed E-state index contributed by atoms with van der Waals surface area (Å²) in [6.07, 6.45) is 8.79. The zero-order valence-corrected chi connectivity index (χ0v) is 16.9. The molecule has 1 aromatic carbocycles. The molecule has 2 aliphatic rings. The molecule has 154 valence electrons. The molecule has 1 saturated heterocycles. The van der Waals surface area contributed by atoms with Crippen LogP contribution in [0.5, 0.6) is 5.75 Å². The summed E-state index contributed by atoms with van der Waals surface area (Å²) < 4.78 is 9.21. The average Bonchev–Trinajstić information content (AvgIpc) is 3.33. The number of methoxy groups -OCH3 is 1. The number of anilines is 2. The molecule has 1 aliphatic carbocycles. The van der Waals surface area contributed by atoms with Gasteiger partial charge in [-0.1, -0.05) is 6.07 Å². The van der Waals surface area contributed by atoms with E-state index in [0.717, 1.165) is 42.8 Å². The van der Waals surface area contributed by atoms with Crippen LogP contribution in [0.3, 0.4) is 0 Å². The molecule has 30 heavy (non-hydrogen) atoms. The Kier molecular flexibility index (Phi) is 3.84. The van der Waals surface area contributed by atoms with Crippen molar-refractivity contribution in [2.45, 2.75) is 37.6 Å². The van der Waals surface area contributed by atoms with Gasteiger partial charge in [0.2, 0.25) is 5.95 Å². The number of aromatic nitrogens is 6. The Morgan fingerprint density at radius 2 is 2.07 bits per heavy atom. The quantitative estimate of drug-likeness (QED) is 0.558. The normalized spacial score (nSPS) is 19.6. The van der Waals surface area contributed by atoms with Crippen LogP contribution in [0.4, 0.5) is 11.6 Å². The van der Waals surface area contributed by atoms with Crippen molar-refractivity contribution in [3.05, 3.63) is 36.4 Å². The lowest BCUT2D eigenvalue weighted by atomic mass is 9.97. The SMILES string of the molecule is COc1cccc2c1nc(N)n1nc([C@@H]3CCCN(c4cnn(C5CC5)c4)C3)nc21. The highest BCUT2D eigenvalue weighted by Crippen LogP contribution is 2.36. The molecule has 9 nitrogen and oxygen atoms in total. The van der Waals surface area contributed by atoms with Crippen LogP contribution in [-0.2, 0) is 0 Å². The second kappa shape index (κ2) is 6.58. The first kappa shape index (κ1) is 17.5. The Morgan fingerprint density at radius 1 is 1.17 bits per heavy atom. The Balaban J connectivity index is 1.35. The number of nitrogens with zero attached hydrogens (tertiary/aromatic N) is 7. The molecule has 4 heterocycles. The molecule has 1 saturated carbocycles. The minimum atomic E-state index is 0.239. The smallest absolute Gasteiger partial charge is 0.223 e. The van der Waals surface area contributed by atoms with Crippen LogP contribution >= 0.6 is 0 Å². The van der Waals surface area contributed by atoms with Gasteiger partial charge in [0.1, 0.15) is 11.3 Å². The Bertz CT molecular complexity index is 1240. The third-order valence-corrected chi connectivity index (χ3v) is 6.19. The topological polar surface area (TPSA) is 99.4 Å². The van der Waals surface area contributed by atoms with E-state index in [-0.39, 0.29) is 5.92 Å². The van der Waals surface area contributed by atoms with E-state index in [1.807, 2.05) is 24.4 Å². The number of ether oxygens (including phenoxy) is 1. The summed E-state index contributed by atoms with van der Waals surface area (Å²) >= 11 is 0. The Labute approximate surface area is 173 Å². The maximum absolute atomic E-state index is 6.22. The number of hydrogen-bond acceptors (Lipinski definition) is 7. The lowest BCUT2D eigenvalue weighted by molar-refractivity contribution is 0.419. The molecule has 4 aromatic rings. The van der Waals surface area contributed by atoms with Gasteiger partial charge in [-0.15, -0.1) is 5.10 Å². The zero-order valence-electron chi connectivity index (χ0n) is 16.9. The first-order valence-electron chi connectivity index (χ1n) is 10.5. The fourth-order valence-corrected chi connectivity index (χ4v) is 4.43. The molecule has 0 bridgehead atoms. The van der Waals surface area contributed by atoms with E-state index >= 15 is 0 Å². The van der Waals surface area contributed by atoms with Crippen molar-refractivity contribution in [2.75, 3.05) is 30.8 Å². The van der Waals surface area contributed by atoms with E-state index in [2.05, 4.69) is 25.9 Å². The third-order valence-electron chi connectivity index (χ3n) is 6.19. The summed E-state index contributed by atoms with van der Waals surface area (Å²) in [5, 5.41) is 10.2. The fourth-order valence-electron chi connectivity index (χ4n) is 4.43. The standard InChI is InChI=1S/C21H24N8O/c1-30-17-6-2-5-16-18(17)24-21(22)29-20(16)25-19(26-29)13-4-3-9-27(11-13)15-10-23-28(12-15)14-7-8-14/h2,5-6,10,12-14H,3-4,7-9,11H2,1H3,(H2,22,24)/t13-/m1/s1. The van der Waals surface area contributed by atoms with E-state index in [9.17, 15) is 0 Å². The summed E-state index contributed by atoms with van der Waals surface area (Å²) in [5.41, 5.74) is 8.84. The van der Waals surface area contributed by atoms with E-state index in [4.69, 9.17) is 20.6 Å². The van der Waals surface area contributed by atoms with Crippen LogP contribution in [0.15, 0.2) is 30.6 Å². The summed E-state index contributed by atoms with van der Waals surface area (Å²) in [6, 6.07) is 6.40. The molecule has 3 aromatic heterocycles. The van der Waals surface area contributed by atoms with Crippen molar-refractivity contribution in [1.29, 1.82) is 0 Å². The Hall–Kier alpha value is -3.36. The van der Waals surface area contributed by atoms with Gasteiger partial charge in [0, 0.05) is 30.6 Å². The van der Waals surface area contributed by atoms with Crippen LogP contribution in [0.25, 0.3) is 16.6 Å². The number of fused-ring (bicyclic) bond motifs is 3. The van der Waals surface area contributed by atoms with Crippen LogP contribution in [0.2, 0.25) is 0 Å². The molecule has 1 aliphatic heterocycles. The number of benzene rings is 1. The maximum atomic E-state index is 6.22. The maximum Gasteiger partial charge on any atom is 0.223 e. The van der Waals surface area contributed by atoms with Gasteiger partial charge in [-0.3, -0.25) is 4.68 Å². The van der Waals surface area contributed by atoms with Gasteiger partial charge >= 0.3 is 0 Å². The van der Waals surface area contributed by atoms with Crippen LogP contribution in [-0.4, -0.2) is 49.6 Å². The fraction of sp³-hybridized carbons (Fsp3) is 0.429. The highest BCUT2D eigenvalue weighted by Gasteiger charge is 2.29. The molecule has 1 atom stereocenters. The highest BCUT2D eigenvalue weighted by molar-refractivity contribution is 5.95. The van der Waals surface area contributed by atoms with E-state index in [1.165, 1.54) is 18.5 Å². The first-order chi connectivity index (χ1) is 14.7. The van der Waals surface area contributed by atoms with Crippen molar-refractivity contribution in [2.24, 2.45) is 0 Å². The summed E-state index contributed by atoms with van der Waals surface area (Å²) in [6.45, 7) is 1.91. The van der Waals surface area contributed by atoms with Crippen molar-refractivity contribution in [3.63, 3.8) is 0 Å². The van der Waals surface area contributed by atoms with Crippen molar-refractivity contribution >= 4 is 28.2 Å². The second-order valence-corrected chi connectivity index (χ2v) is 8.23. The number of nitrogen functional groups attached to an aromatic ring is 1. The van der Waals surface area contributed by atoms with Crippen LogP contribution in [0, 0.1) is 0 Å². The van der Waals surface area contributed by atoms with E-state index < -0.39 is 0 Å². The zero-order chi connectivity index (χ0) is 20.2. The lowest BCUT2D eigenvalue weighted by Gasteiger charge is -2.32. The van der Waals surface area contributed by atoms with Crippen molar-refractivity contribution < 1.29 is 4.74 Å². The van der Waals surface area contributed by atoms with Crippen LogP contribution in [0.1, 0.15) is 43.5 Å². The number of hydrogen-bond donors (Lipinski definition) is 1. The number of para-hydroxylation sites is 1. The van der Waals surface area contributed by atoms with Gasteiger partial charge in [0.05, 0.1) is 25.0 Å². The molecule has 0 unspecified atom stereocenters. The average molecular weight is 404 g/mol. The number of piperidine rings is 1. The molecule has 2 fully saturated rings. The largest absolute Gasteiger partial charge is 0.494 e. The highest BCUT2D eigenvalue weighted by atomic mass is 16.5. The van der Waals surface area contributed by atoms with Crippen LogP contribution < -0.4 is 15.4 Å². The third kappa shape index (κ3) is 2.76. The van der Waals surface area contributed by atoms with Gasteiger partial charge in [-0.25, -0.2) is 9.97 Å². The minimum absolute atomic E-state index is 0.239. The van der Waals surface area contributed by atoms with Crippen molar-refractivity contribution in [3.8, 4) is 5.75 Å². The second-order valence-electron chi connectivity index (χ2n) is 8.23. The minimum Gasteiger partial charge on any atom is -0.494 e. The predicted molar refractivity (Wildman–Crippen MR) is 114 cm³/mol. The van der Waals surface area contributed by atoms with Gasteiger partial charge in [-0.2, -0.15) is 9.61 Å². The molecular formula is C21H24N8O. The molecule has 0 amide bonds. The summed E-state index contributed by atoms with van der Waals surface area (Å²) in [7, 11) is 1.63. The van der Waals surface area contributed by atoms with Gasteiger partial charge < -0.3 is 15.4 Å². The van der Waals surface area contributed by atoms with Gasteiger partial charge in [0.25, 0.3) is 0 Å². The molecule has 0 spiro atoms. The van der Waals surface area contributed by atoms with Crippen molar-refractivity contribution in [1.82, 2.24) is 29.4 Å². The predicted octanol–water partition coefficient (Wildman–Crippen LogP) is 2.78. The molecule has 9 heteroatoms. The lowest BCUT2D eigenvalue weighted by Crippen LogP contribution is -2.34. The molecular weight excluding hydrogens is 380 g/mol. The first-order valence-corrected chi connectivity index (χ1v) is 10.5. The molecule has 2 N–H and O–H groups in total.